The quantitative estimate of drug-likeness (QED) is 0.315. The van der Waals surface area contributed by atoms with Crippen molar-refractivity contribution in [1.82, 2.24) is 9.96 Å². The molecule has 13 heteroatoms. The minimum Gasteiger partial charge on any atom is -0.329 e. The molecule has 2 aliphatic heterocycles. The monoisotopic (exact) mass is 446 g/mol. The first-order valence-corrected chi connectivity index (χ1v) is 10.7. The third-order valence-electron chi connectivity index (χ3n) is 5.25. The third-order valence-corrected chi connectivity index (χ3v) is 6.97. The van der Waals surface area contributed by atoms with Gasteiger partial charge in [0.05, 0.1) is 6.42 Å². The molecule has 2 heterocycles. The zero-order valence-corrected chi connectivity index (χ0v) is 16.7. The predicted molar refractivity (Wildman–Crippen MR) is 97.4 cm³/mol. The number of rotatable bonds is 5. The first-order valence-electron chi connectivity index (χ1n) is 8.74. The molecule has 2 fully saturated rings. The summed E-state index contributed by atoms with van der Waals surface area (Å²) < 4.78 is 30.0. The fraction of sp³-hybridized carbons (Fsp3) is 0.562. The van der Waals surface area contributed by atoms with Crippen LogP contribution in [-0.2, 0) is 38.9 Å². The summed E-state index contributed by atoms with van der Waals surface area (Å²) >= 11 is 4.33. The number of thiol groups is 1. The molecule has 1 N–H and O–H groups in total. The zero-order chi connectivity index (χ0) is 21.6. The smallest absolute Gasteiger partial charge is 0.329 e. The highest BCUT2D eigenvalue weighted by Crippen LogP contribution is 2.39. The Kier molecular flexibility index (Phi) is 5.58. The lowest BCUT2D eigenvalue weighted by Crippen LogP contribution is -2.46. The van der Waals surface area contributed by atoms with E-state index in [0.717, 1.165) is 4.90 Å². The van der Waals surface area contributed by atoms with Crippen molar-refractivity contribution in [3.63, 3.8) is 0 Å². The average molecular weight is 446 g/mol. The molecule has 0 radical (unpaired) electrons. The second-order valence-corrected chi connectivity index (χ2v) is 9.66. The maximum absolute atomic E-state index is 12.5. The molecule has 3 aliphatic rings. The molecule has 1 unspecified atom stereocenters. The lowest BCUT2D eigenvalue weighted by molar-refractivity contribution is -0.199. The fourth-order valence-electron chi connectivity index (χ4n) is 3.49. The van der Waals surface area contributed by atoms with Gasteiger partial charge in [-0.25, -0.2) is 4.79 Å². The summed E-state index contributed by atoms with van der Waals surface area (Å²) in [6, 6.07) is 0. The van der Waals surface area contributed by atoms with Gasteiger partial charge in [0.1, 0.15) is 4.75 Å². The summed E-state index contributed by atoms with van der Waals surface area (Å²) in [5.74, 6) is -4.22. The van der Waals surface area contributed by atoms with Crippen LogP contribution in [0, 0.1) is 5.92 Å². The van der Waals surface area contributed by atoms with Crippen LogP contribution in [0.25, 0.3) is 0 Å². The van der Waals surface area contributed by atoms with Gasteiger partial charge in [-0.05, 0) is 31.6 Å². The molecule has 11 nitrogen and oxygen atoms in total. The summed E-state index contributed by atoms with van der Waals surface area (Å²) in [7, 11) is -4.81. The van der Waals surface area contributed by atoms with Crippen molar-refractivity contribution in [1.29, 1.82) is 0 Å². The molecule has 1 saturated heterocycles. The molecule has 0 bridgehead atoms. The number of hydroxylamine groups is 2. The normalized spacial score (nSPS) is 30.4. The summed E-state index contributed by atoms with van der Waals surface area (Å²) in [5.41, 5.74) is 0. The second kappa shape index (κ2) is 7.54. The molecule has 3 rings (SSSR count). The van der Waals surface area contributed by atoms with Gasteiger partial charge >= 0.3 is 5.97 Å². The van der Waals surface area contributed by atoms with Crippen LogP contribution in [0.1, 0.15) is 32.1 Å². The lowest BCUT2D eigenvalue weighted by Gasteiger charge is -2.35. The van der Waals surface area contributed by atoms with E-state index in [9.17, 15) is 32.4 Å². The first kappa shape index (κ1) is 21.5. The molecular formula is C16H18N2O9S2. The summed E-state index contributed by atoms with van der Waals surface area (Å²) in [4.78, 5) is 65.5. The van der Waals surface area contributed by atoms with Crippen molar-refractivity contribution in [3.8, 4) is 0 Å². The number of imide groups is 2. The molecule has 0 spiro atoms. The maximum atomic E-state index is 12.5. The molecule has 1 aliphatic carbocycles. The van der Waals surface area contributed by atoms with Gasteiger partial charge in [0.15, 0.2) is 5.25 Å². The molecule has 0 aromatic heterocycles. The number of hydrogen-bond donors (Lipinski definition) is 2. The van der Waals surface area contributed by atoms with Gasteiger partial charge in [-0.1, -0.05) is 0 Å². The second-order valence-electron chi connectivity index (χ2n) is 7.21. The topological polar surface area (TPSA) is 155 Å². The van der Waals surface area contributed by atoms with E-state index in [-0.39, 0.29) is 30.4 Å². The highest BCUT2D eigenvalue weighted by atomic mass is 32.2. The highest BCUT2D eigenvalue weighted by molar-refractivity contribution is 7.87. The van der Waals surface area contributed by atoms with Crippen LogP contribution in [0.2, 0.25) is 0 Å². The Balaban J connectivity index is 1.58. The maximum Gasteiger partial charge on any atom is 0.348 e. The van der Waals surface area contributed by atoms with E-state index in [0.29, 0.717) is 12.8 Å². The average Bonchev–Trinajstić information content (AvgIpc) is 3.11. The van der Waals surface area contributed by atoms with Crippen molar-refractivity contribution in [3.05, 3.63) is 12.2 Å². The molecule has 158 valence electrons. The lowest BCUT2D eigenvalue weighted by atomic mass is 9.81. The molecular weight excluding hydrogens is 428 g/mol. The zero-order valence-electron chi connectivity index (χ0n) is 15.0. The van der Waals surface area contributed by atoms with Crippen molar-refractivity contribution in [2.24, 2.45) is 5.92 Å². The van der Waals surface area contributed by atoms with Crippen LogP contribution in [-0.4, -0.2) is 69.1 Å². The van der Waals surface area contributed by atoms with E-state index >= 15 is 0 Å². The third kappa shape index (κ3) is 4.21. The van der Waals surface area contributed by atoms with Gasteiger partial charge in [0, 0.05) is 18.7 Å². The Hall–Kier alpha value is -2.25. The molecule has 4 amide bonds. The number of amides is 4. The largest absolute Gasteiger partial charge is 0.348 e. The minimum atomic E-state index is -4.81. The van der Waals surface area contributed by atoms with Crippen LogP contribution >= 0.6 is 12.6 Å². The Morgan fingerprint density at radius 1 is 1.17 bits per heavy atom. The highest BCUT2D eigenvalue weighted by Gasteiger charge is 2.50. The SMILES string of the molecule is O=C1C=CC(=O)N1CC1CCC(S)(C(=O)ON2C(=O)CC(S(=O)(=O)O)C2=O)CC1. The number of carbonyl (C=O) groups excluding carboxylic acids is 5. The standard InChI is InChI=1S/C16H18N2O9S2/c19-11-1-2-12(20)17(11)8-9-3-5-16(28,6-4-9)15(23)27-18-13(21)7-10(14(18)22)29(24,25)26/h1-2,9-10,28H,3-8H2,(H,24,25,26). The minimum absolute atomic E-state index is 0.0464. The Morgan fingerprint density at radius 2 is 1.72 bits per heavy atom. The van der Waals surface area contributed by atoms with E-state index in [4.69, 9.17) is 9.39 Å². The fourth-order valence-corrected chi connectivity index (χ4v) is 4.49. The predicted octanol–water partition coefficient (Wildman–Crippen LogP) is -0.756. The van der Waals surface area contributed by atoms with Gasteiger partial charge in [-0.2, -0.15) is 21.0 Å². The molecule has 0 aromatic rings. The van der Waals surface area contributed by atoms with E-state index in [1.807, 2.05) is 0 Å². The van der Waals surface area contributed by atoms with Crippen molar-refractivity contribution in [2.45, 2.75) is 42.1 Å². The van der Waals surface area contributed by atoms with Crippen LogP contribution < -0.4 is 0 Å². The Bertz CT molecular complexity index is 901. The number of hydrogen-bond acceptors (Lipinski definition) is 9. The Labute approximate surface area is 171 Å². The van der Waals surface area contributed by atoms with E-state index in [1.165, 1.54) is 12.2 Å². The molecule has 29 heavy (non-hydrogen) atoms. The van der Waals surface area contributed by atoms with Crippen LogP contribution in [0.4, 0.5) is 0 Å². The first-order chi connectivity index (χ1) is 13.4. The molecule has 1 atom stereocenters. The van der Waals surface area contributed by atoms with E-state index in [1.54, 1.807) is 0 Å². The Morgan fingerprint density at radius 3 is 2.21 bits per heavy atom. The van der Waals surface area contributed by atoms with E-state index in [2.05, 4.69) is 12.6 Å². The summed E-state index contributed by atoms with van der Waals surface area (Å²) in [6.07, 6.45) is 2.82. The van der Waals surface area contributed by atoms with Crippen LogP contribution in [0.3, 0.4) is 0 Å². The number of nitrogens with zero attached hydrogens (tertiary/aromatic N) is 2. The molecule has 1 saturated carbocycles. The summed E-state index contributed by atoms with van der Waals surface area (Å²) in [6.45, 7) is 0.211. The van der Waals surface area contributed by atoms with Crippen LogP contribution in [0.15, 0.2) is 12.2 Å². The van der Waals surface area contributed by atoms with Gasteiger partial charge in [0.25, 0.3) is 33.7 Å². The van der Waals surface area contributed by atoms with E-state index < -0.39 is 56.1 Å². The van der Waals surface area contributed by atoms with Gasteiger partial charge < -0.3 is 4.84 Å². The van der Waals surface area contributed by atoms with Gasteiger partial charge in [-0.15, -0.1) is 5.06 Å². The molecule has 0 aromatic carbocycles. The van der Waals surface area contributed by atoms with Gasteiger partial charge in [-0.3, -0.25) is 28.6 Å². The van der Waals surface area contributed by atoms with Crippen LogP contribution in [0.5, 0.6) is 0 Å². The van der Waals surface area contributed by atoms with Gasteiger partial charge in [0.2, 0.25) is 0 Å². The van der Waals surface area contributed by atoms with Crippen molar-refractivity contribution < 1.29 is 41.8 Å². The summed E-state index contributed by atoms with van der Waals surface area (Å²) in [5, 5.41) is -1.95. The number of carbonyl (C=O) groups is 5. The van der Waals surface area contributed by atoms with Crippen molar-refractivity contribution >= 4 is 52.3 Å². The van der Waals surface area contributed by atoms with Crippen molar-refractivity contribution in [2.75, 3.05) is 6.54 Å².